The number of aliphatic carboxylic acids is 2. The van der Waals surface area contributed by atoms with Gasteiger partial charge in [-0.1, -0.05) is 65.5 Å². The van der Waals surface area contributed by atoms with Crippen LogP contribution in [0.3, 0.4) is 0 Å². The van der Waals surface area contributed by atoms with Gasteiger partial charge in [0.1, 0.15) is 39.5 Å². The van der Waals surface area contributed by atoms with Crippen molar-refractivity contribution < 1.29 is 127 Å². The molecule has 21 nitrogen and oxygen atoms in total. The molecule has 31 heteroatoms. The first-order chi connectivity index (χ1) is 34.1. The number of hydrogen-bond donors (Lipinski definition) is 5. The van der Waals surface area contributed by atoms with Gasteiger partial charge in [-0.05, 0) is 123 Å². The number of aliphatic hydroxyl groups is 3. The molecule has 0 saturated carbocycles. The third-order valence-corrected chi connectivity index (χ3v) is 7.72. The second-order valence-corrected chi connectivity index (χ2v) is 22.7. The van der Waals surface area contributed by atoms with Crippen molar-refractivity contribution in [2.24, 2.45) is 0 Å². The van der Waals surface area contributed by atoms with E-state index >= 15 is 0 Å². The maximum absolute atomic E-state index is 11.8. The summed E-state index contributed by atoms with van der Waals surface area (Å²) >= 11 is 8.71. The first-order valence-electron chi connectivity index (χ1n) is 21.8. The standard InChI is InChI=1S/C14H20O5S.C7H12O4.C7H14O3.C6H11BrO2.C4F6O3.C4H10O.C2H3BrO2.C2H5BrO/c1-11-5-7-12(8-6-11)20(16,17)18-10-9-13(15)19-14(2,3)4;1-7(2,3)11-6(10)4-5(8)9;1-7(2,3)10-6(9)4-5-8;1-6(2,3)9-5(8)4-7;5-3(6,7)1(11)13-2(12)4(8,9)10;1-4(2,3)5;3-1-2(4)5;3-1-2-4/h5-8H,9-10H2,1-4H3;4H2,1-3H3,(H,8,9);8H,4-5H2,1-3H3;4H2,1-3H3;;5H,1-3H3;1H2,(H,4,5);4H,1-2H2. The van der Waals surface area contributed by atoms with Crippen molar-refractivity contribution in [2.75, 3.05) is 35.8 Å². The second-order valence-electron chi connectivity index (χ2n) is 19.1. The Labute approximate surface area is 470 Å². The molecule has 1 rings (SSSR count). The van der Waals surface area contributed by atoms with Gasteiger partial charge in [-0.2, -0.15) is 34.8 Å². The van der Waals surface area contributed by atoms with Crippen LogP contribution in [-0.4, -0.2) is 158 Å². The lowest BCUT2D eigenvalue weighted by molar-refractivity contribution is -0.221. The van der Waals surface area contributed by atoms with Crippen molar-refractivity contribution in [2.45, 2.75) is 175 Å². The van der Waals surface area contributed by atoms with E-state index in [2.05, 4.69) is 52.5 Å². The van der Waals surface area contributed by atoms with Crippen molar-refractivity contribution in [3.63, 3.8) is 0 Å². The minimum absolute atomic E-state index is 0.0347. The van der Waals surface area contributed by atoms with Gasteiger partial charge in [-0.15, -0.1) is 0 Å². The SMILES string of the molecule is CC(C)(C)O.CC(C)(C)OC(=O)CBr.CC(C)(C)OC(=O)CC(=O)O.CC(C)(C)OC(=O)CCO.Cc1ccc(S(=O)(=O)OCCC(=O)OC(C)(C)C)cc1.O=C(O)CBr.O=C(OC(=O)C(F)(F)F)C(F)(F)F.OCCBr. The molecular weight excluding hydrogens is 1270 g/mol. The predicted octanol–water partition coefficient (Wildman–Crippen LogP) is 8.47. The van der Waals surface area contributed by atoms with Gasteiger partial charge < -0.3 is 49.2 Å². The van der Waals surface area contributed by atoms with Crippen LogP contribution in [0.4, 0.5) is 26.3 Å². The van der Waals surface area contributed by atoms with Crippen LogP contribution in [0.25, 0.3) is 0 Å². The van der Waals surface area contributed by atoms with E-state index in [-0.39, 0.29) is 65.8 Å². The van der Waals surface area contributed by atoms with Crippen molar-refractivity contribution >= 4 is 106 Å². The molecule has 77 heavy (non-hydrogen) atoms. The fourth-order valence-corrected chi connectivity index (χ4v) is 3.98. The Bertz CT molecular complexity index is 1950. The molecule has 454 valence electrons. The number of carboxylic acid groups (broad SMARTS) is 2. The summed E-state index contributed by atoms with van der Waals surface area (Å²) in [5, 5.41) is 41.5. The van der Waals surface area contributed by atoms with Gasteiger partial charge in [-0.25, -0.2) is 9.59 Å². The number of carbonyl (C=O) groups excluding carboxylic acids is 6. The molecule has 0 aliphatic carbocycles. The molecule has 0 radical (unpaired) electrons. The number of benzene rings is 1. The number of rotatable bonds is 12. The summed E-state index contributed by atoms with van der Waals surface area (Å²) in [6.07, 6.45) is -11.8. The van der Waals surface area contributed by atoms with Crippen LogP contribution >= 0.6 is 47.8 Å². The molecular formula is C46H75Br3F6O21S. The maximum atomic E-state index is 11.8. The zero-order valence-electron chi connectivity index (χ0n) is 45.8. The highest BCUT2D eigenvalue weighted by Crippen LogP contribution is 2.22. The lowest BCUT2D eigenvalue weighted by atomic mass is 10.2. The van der Waals surface area contributed by atoms with E-state index in [1.165, 1.54) is 12.1 Å². The van der Waals surface area contributed by atoms with Gasteiger partial charge >= 0.3 is 60.1 Å². The highest BCUT2D eigenvalue weighted by atomic mass is 79.9. The molecule has 0 bridgehead atoms. The number of ether oxygens (including phenoxy) is 5. The Balaban J connectivity index is -0.000000153. The van der Waals surface area contributed by atoms with Crippen molar-refractivity contribution in [3.05, 3.63) is 29.8 Å². The highest BCUT2D eigenvalue weighted by molar-refractivity contribution is 9.09. The number of halogens is 9. The average molecular weight is 1350 g/mol. The number of aliphatic hydroxyl groups excluding tert-OH is 2. The van der Waals surface area contributed by atoms with E-state index in [4.69, 9.17) is 48.7 Å². The summed E-state index contributed by atoms with van der Waals surface area (Å²) in [5.41, 5.74) is -1.53. The third-order valence-electron chi connectivity index (χ3n) is 5.10. The number of carbonyl (C=O) groups is 8. The smallest absolute Gasteiger partial charge is 0.481 e. The Kier molecular flexibility index (Phi) is 47.3. The van der Waals surface area contributed by atoms with Gasteiger partial charge in [-0.3, -0.25) is 33.0 Å². The quantitative estimate of drug-likeness (QED) is 0.0327. The molecule has 0 saturated heterocycles. The van der Waals surface area contributed by atoms with Crippen LogP contribution < -0.4 is 0 Å². The predicted molar refractivity (Wildman–Crippen MR) is 278 cm³/mol. The summed E-state index contributed by atoms with van der Waals surface area (Å²) in [6, 6.07) is 6.31. The minimum atomic E-state index is -5.62. The van der Waals surface area contributed by atoms with E-state index in [1.807, 2.05) is 27.7 Å². The zero-order chi connectivity index (χ0) is 63.2. The lowest BCUT2D eigenvalue weighted by Gasteiger charge is -2.19. The van der Waals surface area contributed by atoms with Crippen molar-refractivity contribution in [1.82, 2.24) is 0 Å². The number of hydrogen-bond acceptors (Lipinski definition) is 19. The molecule has 1 aromatic rings. The number of aryl methyl sites for hydroxylation is 1. The molecule has 0 aliphatic heterocycles. The van der Waals surface area contributed by atoms with E-state index in [0.29, 0.717) is 5.33 Å². The van der Waals surface area contributed by atoms with Gasteiger partial charge in [0.05, 0.1) is 43.2 Å². The van der Waals surface area contributed by atoms with Crippen LogP contribution in [0.15, 0.2) is 29.2 Å². The van der Waals surface area contributed by atoms with Crippen LogP contribution in [0, 0.1) is 6.92 Å². The van der Waals surface area contributed by atoms with E-state index in [0.717, 1.165) is 5.56 Å². The Morgan fingerprint density at radius 2 is 0.818 bits per heavy atom. The molecule has 0 fully saturated rings. The summed E-state index contributed by atoms with van der Waals surface area (Å²) in [4.78, 5) is 82.0. The third kappa shape index (κ3) is 78.6. The number of carboxylic acids is 2. The molecule has 5 N–H and O–H groups in total. The summed E-state index contributed by atoms with van der Waals surface area (Å²) < 4.78 is 118. The van der Waals surface area contributed by atoms with Gasteiger partial charge in [0.25, 0.3) is 10.1 Å². The fraction of sp³-hybridized carbons (Fsp3) is 0.696. The molecule has 0 amide bonds. The molecule has 0 spiro atoms. The molecule has 0 atom stereocenters. The largest absolute Gasteiger partial charge is 0.491 e. The number of alkyl halides is 9. The van der Waals surface area contributed by atoms with Crippen molar-refractivity contribution in [1.29, 1.82) is 0 Å². The van der Waals surface area contributed by atoms with Crippen molar-refractivity contribution in [3.8, 4) is 0 Å². The monoisotopic (exact) mass is 1350 g/mol. The van der Waals surface area contributed by atoms with E-state index in [9.17, 15) is 73.1 Å². The Morgan fingerprint density at radius 3 is 1.05 bits per heavy atom. The molecule has 0 unspecified atom stereocenters. The highest BCUT2D eigenvalue weighted by Gasteiger charge is 2.49. The minimum Gasteiger partial charge on any atom is -0.481 e. The van der Waals surface area contributed by atoms with Crippen LogP contribution in [-0.2, 0) is 76.3 Å². The topological polar surface area (TPSA) is 327 Å². The van der Waals surface area contributed by atoms with Gasteiger partial charge in [0.2, 0.25) is 0 Å². The van der Waals surface area contributed by atoms with E-state index in [1.54, 1.807) is 95.2 Å². The molecule has 0 heterocycles. The Hall–Kier alpha value is -4.01. The second kappa shape index (κ2) is 42.0. The summed E-state index contributed by atoms with van der Waals surface area (Å²) in [7, 11) is -3.82. The first-order valence-corrected chi connectivity index (χ1v) is 26.6. The Morgan fingerprint density at radius 1 is 0.519 bits per heavy atom. The zero-order valence-corrected chi connectivity index (χ0v) is 51.3. The normalized spacial score (nSPS) is 11.2. The summed E-state index contributed by atoms with van der Waals surface area (Å²) in [5.74, 6) is -10.2. The van der Waals surface area contributed by atoms with Gasteiger partial charge in [0.15, 0.2) is 0 Å². The van der Waals surface area contributed by atoms with E-state index < -0.39 is 87.1 Å². The van der Waals surface area contributed by atoms with Crippen LogP contribution in [0.5, 0.6) is 0 Å². The molecule has 0 aromatic heterocycles. The lowest BCUT2D eigenvalue weighted by Crippen LogP contribution is -2.34. The maximum Gasteiger partial charge on any atom is 0.491 e. The molecule has 0 aliphatic rings. The first kappa shape index (κ1) is 86.9. The average Bonchev–Trinajstić information content (AvgIpc) is 3.18. The van der Waals surface area contributed by atoms with Gasteiger partial charge in [0, 0.05) is 5.33 Å². The van der Waals surface area contributed by atoms with Crippen LogP contribution in [0.1, 0.15) is 129 Å². The van der Waals surface area contributed by atoms with Crippen LogP contribution in [0.2, 0.25) is 0 Å². The number of esters is 6. The molecule has 1 aromatic carbocycles. The summed E-state index contributed by atoms with van der Waals surface area (Å²) in [6.45, 7) is 28.2. The fourth-order valence-electron chi connectivity index (χ4n) is 2.95.